The number of amides is 1. The third-order valence-electron chi connectivity index (χ3n) is 3.84. The number of benzene rings is 1. The zero-order valence-electron chi connectivity index (χ0n) is 13.7. The monoisotopic (exact) mass is 340 g/mol. The summed E-state index contributed by atoms with van der Waals surface area (Å²) >= 11 is 0. The zero-order chi connectivity index (χ0) is 16.9. The van der Waals surface area contributed by atoms with E-state index in [1.165, 1.54) is 4.31 Å². The van der Waals surface area contributed by atoms with Crippen molar-refractivity contribution in [3.63, 3.8) is 0 Å². The van der Waals surface area contributed by atoms with Crippen molar-refractivity contribution in [3.05, 3.63) is 35.4 Å². The van der Waals surface area contributed by atoms with E-state index in [4.69, 9.17) is 4.74 Å². The number of nitrogens with zero attached hydrogens (tertiary/aromatic N) is 2. The first-order valence-corrected chi connectivity index (χ1v) is 9.48. The molecule has 23 heavy (non-hydrogen) atoms. The Morgan fingerprint density at radius 1 is 1.13 bits per heavy atom. The number of aryl methyl sites for hydroxylation is 1. The quantitative estimate of drug-likeness (QED) is 0.841. The minimum absolute atomic E-state index is 0.00726. The van der Waals surface area contributed by atoms with Crippen LogP contribution < -0.4 is 0 Å². The molecule has 0 spiro atoms. The van der Waals surface area contributed by atoms with Crippen LogP contribution in [0, 0.1) is 6.92 Å². The zero-order valence-corrected chi connectivity index (χ0v) is 14.5. The number of carbonyl (C=O) groups is 1. The summed E-state index contributed by atoms with van der Waals surface area (Å²) in [7, 11) is -3.38. The maximum atomic E-state index is 12.6. The second-order valence-corrected chi connectivity index (χ2v) is 7.65. The third-order valence-corrected chi connectivity index (χ3v) is 5.69. The standard InChI is InChI=1S/C16H24N2O4S/c1-3-22-16(19)17-9-4-10-18(12-11-17)23(20,21)13-15-7-5-14(2)6-8-15/h5-8H,3-4,9-13H2,1-2H3. The van der Waals surface area contributed by atoms with Crippen molar-refractivity contribution in [1.82, 2.24) is 9.21 Å². The predicted molar refractivity (Wildman–Crippen MR) is 88.6 cm³/mol. The van der Waals surface area contributed by atoms with E-state index in [0.717, 1.165) is 11.1 Å². The SMILES string of the molecule is CCOC(=O)N1CCCN(S(=O)(=O)Cc2ccc(C)cc2)CC1. The van der Waals surface area contributed by atoms with Gasteiger partial charge in [0, 0.05) is 26.2 Å². The molecule has 7 heteroatoms. The third kappa shape index (κ3) is 4.94. The molecule has 1 fully saturated rings. The lowest BCUT2D eigenvalue weighted by Crippen LogP contribution is -2.38. The van der Waals surface area contributed by atoms with Crippen molar-refractivity contribution < 1.29 is 17.9 Å². The molecule has 6 nitrogen and oxygen atoms in total. The normalized spacial score (nSPS) is 16.9. The Morgan fingerprint density at radius 2 is 1.83 bits per heavy atom. The fraction of sp³-hybridized carbons (Fsp3) is 0.562. The van der Waals surface area contributed by atoms with E-state index in [9.17, 15) is 13.2 Å². The minimum Gasteiger partial charge on any atom is -0.450 e. The molecule has 1 heterocycles. The first-order valence-electron chi connectivity index (χ1n) is 7.87. The summed E-state index contributed by atoms with van der Waals surface area (Å²) in [5.41, 5.74) is 1.88. The van der Waals surface area contributed by atoms with E-state index >= 15 is 0 Å². The van der Waals surface area contributed by atoms with Gasteiger partial charge in [-0.2, -0.15) is 4.31 Å². The maximum Gasteiger partial charge on any atom is 0.409 e. The molecule has 0 unspecified atom stereocenters. The van der Waals surface area contributed by atoms with Crippen LogP contribution in [-0.4, -0.2) is 56.5 Å². The Bertz CT molecular complexity index is 628. The van der Waals surface area contributed by atoms with Crippen molar-refractivity contribution >= 4 is 16.1 Å². The van der Waals surface area contributed by atoms with Gasteiger partial charge in [0.25, 0.3) is 0 Å². The molecule has 1 aromatic carbocycles. The van der Waals surface area contributed by atoms with Crippen molar-refractivity contribution in [2.24, 2.45) is 0 Å². The number of ether oxygens (including phenoxy) is 1. The Morgan fingerprint density at radius 3 is 2.48 bits per heavy atom. The molecule has 1 aliphatic rings. The van der Waals surface area contributed by atoms with E-state index < -0.39 is 10.0 Å². The predicted octanol–water partition coefficient (Wildman–Crippen LogP) is 1.99. The number of carbonyl (C=O) groups excluding carboxylic acids is 1. The highest BCUT2D eigenvalue weighted by Gasteiger charge is 2.27. The van der Waals surface area contributed by atoms with Crippen LogP contribution in [0.4, 0.5) is 4.79 Å². The van der Waals surface area contributed by atoms with Crippen LogP contribution in [0.15, 0.2) is 24.3 Å². The van der Waals surface area contributed by atoms with Crippen LogP contribution in [0.25, 0.3) is 0 Å². The summed E-state index contributed by atoms with van der Waals surface area (Å²) in [5.74, 6) is -0.00726. The first kappa shape index (κ1) is 17.7. The second kappa shape index (κ2) is 7.79. The molecule has 1 amide bonds. The topological polar surface area (TPSA) is 66.9 Å². The highest BCUT2D eigenvalue weighted by molar-refractivity contribution is 7.88. The number of hydrogen-bond acceptors (Lipinski definition) is 4. The molecule has 0 radical (unpaired) electrons. The number of rotatable bonds is 4. The summed E-state index contributed by atoms with van der Waals surface area (Å²) in [6, 6.07) is 7.51. The average Bonchev–Trinajstić information content (AvgIpc) is 2.76. The van der Waals surface area contributed by atoms with E-state index in [2.05, 4.69) is 0 Å². The second-order valence-electron chi connectivity index (χ2n) is 5.68. The van der Waals surface area contributed by atoms with Crippen molar-refractivity contribution in [1.29, 1.82) is 0 Å². The fourth-order valence-electron chi connectivity index (χ4n) is 2.56. The fourth-order valence-corrected chi connectivity index (χ4v) is 4.12. The maximum absolute atomic E-state index is 12.6. The summed E-state index contributed by atoms with van der Waals surface area (Å²) in [5, 5.41) is 0. The van der Waals surface area contributed by atoms with Gasteiger partial charge in [-0.3, -0.25) is 0 Å². The Balaban J connectivity index is 2.00. The van der Waals surface area contributed by atoms with E-state index in [-0.39, 0.29) is 11.8 Å². The average molecular weight is 340 g/mol. The Kier molecular flexibility index (Phi) is 6.01. The molecule has 2 rings (SSSR count). The van der Waals surface area contributed by atoms with E-state index in [0.29, 0.717) is 39.2 Å². The molecule has 128 valence electrons. The van der Waals surface area contributed by atoms with Gasteiger partial charge in [-0.1, -0.05) is 29.8 Å². The van der Waals surface area contributed by atoms with Crippen LogP contribution in [0.5, 0.6) is 0 Å². The van der Waals surface area contributed by atoms with Crippen molar-refractivity contribution in [2.75, 3.05) is 32.8 Å². The molecule has 0 aromatic heterocycles. The molecular formula is C16H24N2O4S. The molecular weight excluding hydrogens is 316 g/mol. The lowest BCUT2D eigenvalue weighted by molar-refractivity contribution is 0.109. The lowest BCUT2D eigenvalue weighted by Gasteiger charge is -2.21. The molecule has 1 aromatic rings. The van der Waals surface area contributed by atoms with E-state index in [1.807, 2.05) is 31.2 Å². The van der Waals surface area contributed by atoms with Gasteiger partial charge in [0.05, 0.1) is 12.4 Å². The van der Waals surface area contributed by atoms with Crippen molar-refractivity contribution in [3.8, 4) is 0 Å². The molecule has 1 aliphatic heterocycles. The molecule has 0 atom stereocenters. The van der Waals surface area contributed by atoms with Crippen LogP contribution >= 0.6 is 0 Å². The highest BCUT2D eigenvalue weighted by Crippen LogP contribution is 2.15. The molecule has 0 saturated carbocycles. The lowest BCUT2D eigenvalue weighted by atomic mass is 10.2. The van der Waals surface area contributed by atoms with Crippen LogP contribution in [0.3, 0.4) is 0 Å². The minimum atomic E-state index is -3.38. The summed E-state index contributed by atoms with van der Waals surface area (Å²) in [6.07, 6.45) is 0.247. The molecule has 0 aliphatic carbocycles. The highest BCUT2D eigenvalue weighted by atomic mass is 32.2. The summed E-state index contributed by atoms with van der Waals surface area (Å²) in [4.78, 5) is 13.3. The number of hydrogen-bond donors (Lipinski definition) is 0. The van der Waals surface area contributed by atoms with Crippen LogP contribution in [0.2, 0.25) is 0 Å². The van der Waals surface area contributed by atoms with Crippen LogP contribution in [-0.2, 0) is 20.5 Å². The van der Waals surface area contributed by atoms with Gasteiger partial charge < -0.3 is 9.64 Å². The smallest absolute Gasteiger partial charge is 0.409 e. The summed E-state index contributed by atoms with van der Waals surface area (Å²) in [6.45, 7) is 5.69. The van der Waals surface area contributed by atoms with Gasteiger partial charge in [-0.25, -0.2) is 13.2 Å². The van der Waals surface area contributed by atoms with Gasteiger partial charge in [-0.05, 0) is 25.8 Å². The summed E-state index contributed by atoms with van der Waals surface area (Å²) < 4.78 is 31.6. The van der Waals surface area contributed by atoms with Gasteiger partial charge in [0.15, 0.2) is 0 Å². The van der Waals surface area contributed by atoms with Crippen molar-refractivity contribution in [2.45, 2.75) is 26.0 Å². The van der Waals surface area contributed by atoms with Crippen LogP contribution in [0.1, 0.15) is 24.5 Å². The Hall–Kier alpha value is -1.60. The molecule has 1 saturated heterocycles. The number of sulfonamides is 1. The van der Waals surface area contributed by atoms with Gasteiger partial charge in [0.2, 0.25) is 10.0 Å². The molecule has 0 N–H and O–H groups in total. The van der Waals surface area contributed by atoms with Gasteiger partial charge >= 0.3 is 6.09 Å². The molecule has 0 bridgehead atoms. The van der Waals surface area contributed by atoms with E-state index in [1.54, 1.807) is 11.8 Å². The largest absolute Gasteiger partial charge is 0.450 e. The Labute approximate surface area is 138 Å². The van der Waals surface area contributed by atoms with Gasteiger partial charge in [0.1, 0.15) is 0 Å². The first-order chi connectivity index (χ1) is 10.9. The van der Waals surface area contributed by atoms with Gasteiger partial charge in [-0.15, -0.1) is 0 Å².